The highest BCUT2D eigenvalue weighted by Crippen LogP contribution is 2.17. The number of aromatic amines is 1. The topological polar surface area (TPSA) is 37.0 Å². The number of fused-ring (bicyclic) bond motifs is 1. The van der Waals surface area contributed by atoms with Gasteiger partial charge >= 0.3 is 0 Å². The lowest BCUT2D eigenvalue weighted by Gasteiger charge is -2.18. The molecule has 3 nitrogen and oxygen atoms in total. The van der Waals surface area contributed by atoms with Crippen molar-refractivity contribution in [3.8, 4) is 0 Å². The van der Waals surface area contributed by atoms with Crippen molar-refractivity contribution in [2.75, 3.05) is 13.7 Å². The van der Waals surface area contributed by atoms with E-state index >= 15 is 0 Å². The van der Waals surface area contributed by atoms with Gasteiger partial charge in [0.05, 0.1) is 12.6 Å². The van der Waals surface area contributed by atoms with Crippen LogP contribution < -0.4 is 5.32 Å². The minimum atomic E-state index is 0.207. The summed E-state index contributed by atoms with van der Waals surface area (Å²) in [6.07, 6.45) is 1.97. The predicted molar refractivity (Wildman–Crippen MR) is 86.2 cm³/mol. The maximum absolute atomic E-state index is 5.34. The van der Waals surface area contributed by atoms with Gasteiger partial charge in [0.15, 0.2) is 0 Å². The van der Waals surface area contributed by atoms with E-state index in [0.29, 0.717) is 6.61 Å². The highest BCUT2D eigenvalue weighted by molar-refractivity contribution is 5.79. The molecule has 0 bridgehead atoms. The van der Waals surface area contributed by atoms with Crippen LogP contribution in [0.2, 0.25) is 0 Å². The Labute approximate surface area is 125 Å². The first-order valence-corrected chi connectivity index (χ1v) is 7.20. The Hall–Kier alpha value is -2.10. The molecule has 1 heterocycles. The minimum Gasteiger partial charge on any atom is -0.383 e. The number of methoxy groups -OCH3 is 1. The second-order valence-electron chi connectivity index (χ2n) is 5.20. The average molecular weight is 280 g/mol. The quantitative estimate of drug-likeness (QED) is 0.723. The van der Waals surface area contributed by atoms with Gasteiger partial charge in [0, 0.05) is 25.4 Å². The van der Waals surface area contributed by atoms with Gasteiger partial charge in [-0.3, -0.25) is 0 Å². The number of hydrogen-bond acceptors (Lipinski definition) is 2. The van der Waals surface area contributed by atoms with Crippen LogP contribution in [0.15, 0.2) is 60.8 Å². The zero-order chi connectivity index (χ0) is 14.5. The van der Waals surface area contributed by atoms with Crippen molar-refractivity contribution in [3.63, 3.8) is 0 Å². The Kier molecular flexibility index (Phi) is 4.34. The Morgan fingerprint density at radius 1 is 1.10 bits per heavy atom. The van der Waals surface area contributed by atoms with Gasteiger partial charge in [0.25, 0.3) is 0 Å². The van der Waals surface area contributed by atoms with Gasteiger partial charge in [-0.05, 0) is 34.7 Å². The van der Waals surface area contributed by atoms with E-state index in [2.05, 4.69) is 58.8 Å². The first-order chi connectivity index (χ1) is 10.4. The van der Waals surface area contributed by atoms with Gasteiger partial charge in [-0.2, -0.15) is 0 Å². The third-order valence-corrected chi connectivity index (χ3v) is 3.71. The molecule has 3 heteroatoms. The van der Waals surface area contributed by atoms with Crippen LogP contribution in [0.25, 0.3) is 10.9 Å². The summed E-state index contributed by atoms with van der Waals surface area (Å²) in [4.78, 5) is 3.22. The lowest BCUT2D eigenvalue weighted by molar-refractivity contribution is 0.166. The zero-order valence-corrected chi connectivity index (χ0v) is 12.2. The van der Waals surface area contributed by atoms with Gasteiger partial charge in [-0.25, -0.2) is 0 Å². The van der Waals surface area contributed by atoms with Crippen LogP contribution in [-0.4, -0.2) is 18.7 Å². The fourth-order valence-electron chi connectivity index (χ4n) is 2.58. The maximum atomic E-state index is 5.34. The number of rotatable bonds is 6. The molecule has 0 radical (unpaired) electrons. The van der Waals surface area contributed by atoms with Crippen LogP contribution in [0.3, 0.4) is 0 Å². The summed E-state index contributed by atoms with van der Waals surface area (Å²) in [7, 11) is 1.74. The molecule has 108 valence electrons. The monoisotopic (exact) mass is 280 g/mol. The molecule has 0 amide bonds. The summed E-state index contributed by atoms with van der Waals surface area (Å²) in [5, 5.41) is 4.82. The molecule has 2 aromatic carbocycles. The number of benzene rings is 2. The third kappa shape index (κ3) is 3.32. The standard InChI is InChI=1S/C18H20N2O/c1-21-13-18(15-5-3-2-4-6-15)20-12-14-7-8-17-16(11-14)9-10-19-17/h2-11,18-20H,12-13H2,1H3. The fourth-order valence-corrected chi connectivity index (χ4v) is 2.58. The third-order valence-electron chi connectivity index (χ3n) is 3.71. The lowest BCUT2D eigenvalue weighted by Crippen LogP contribution is -2.24. The molecular weight excluding hydrogens is 260 g/mol. The molecule has 0 saturated heterocycles. The first-order valence-electron chi connectivity index (χ1n) is 7.20. The Balaban J connectivity index is 1.71. The SMILES string of the molecule is COCC(NCc1ccc2[nH]ccc2c1)c1ccccc1. The normalized spacial score (nSPS) is 12.6. The molecule has 21 heavy (non-hydrogen) atoms. The van der Waals surface area contributed by atoms with E-state index < -0.39 is 0 Å². The van der Waals surface area contributed by atoms with Crippen LogP contribution in [0.5, 0.6) is 0 Å². The number of aromatic nitrogens is 1. The molecule has 0 aliphatic heterocycles. The van der Waals surface area contributed by atoms with Gasteiger partial charge < -0.3 is 15.0 Å². The van der Waals surface area contributed by atoms with Crippen LogP contribution in [0.4, 0.5) is 0 Å². The van der Waals surface area contributed by atoms with Crippen molar-refractivity contribution >= 4 is 10.9 Å². The van der Waals surface area contributed by atoms with E-state index in [1.54, 1.807) is 7.11 Å². The second-order valence-corrected chi connectivity index (χ2v) is 5.20. The molecule has 2 N–H and O–H groups in total. The van der Waals surface area contributed by atoms with E-state index in [1.807, 2.05) is 12.3 Å². The highest BCUT2D eigenvalue weighted by Gasteiger charge is 2.10. The molecule has 0 fully saturated rings. The molecule has 1 atom stereocenters. The van der Waals surface area contributed by atoms with Gasteiger partial charge in [-0.1, -0.05) is 36.4 Å². The van der Waals surface area contributed by atoms with E-state index in [-0.39, 0.29) is 6.04 Å². The van der Waals surface area contributed by atoms with Crippen molar-refractivity contribution in [1.29, 1.82) is 0 Å². The average Bonchev–Trinajstić information content (AvgIpc) is 3.00. The van der Waals surface area contributed by atoms with Crippen molar-refractivity contribution in [2.24, 2.45) is 0 Å². The molecule has 3 aromatic rings. The summed E-state index contributed by atoms with van der Waals surface area (Å²) in [5.74, 6) is 0. The Morgan fingerprint density at radius 2 is 1.95 bits per heavy atom. The molecule has 1 aromatic heterocycles. The minimum absolute atomic E-state index is 0.207. The first kappa shape index (κ1) is 13.9. The highest BCUT2D eigenvalue weighted by atomic mass is 16.5. The molecule has 3 rings (SSSR count). The summed E-state index contributed by atoms with van der Waals surface area (Å²) in [5.41, 5.74) is 3.71. The lowest BCUT2D eigenvalue weighted by atomic mass is 10.1. The summed E-state index contributed by atoms with van der Waals surface area (Å²) in [6.45, 7) is 1.49. The van der Waals surface area contributed by atoms with Crippen LogP contribution in [0, 0.1) is 0 Å². The molecule has 1 unspecified atom stereocenters. The Bertz CT molecular complexity index is 691. The summed E-state index contributed by atoms with van der Waals surface area (Å²) >= 11 is 0. The maximum Gasteiger partial charge on any atom is 0.0657 e. The van der Waals surface area contributed by atoms with Crippen LogP contribution in [0.1, 0.15) is 17.2 Å². The number of nitrogens with one attached hydrogen (secondary N) is 2. The predicted octanol–water partition coefficient (Wildman–Crippen LogP) is 3.65. The van der Waals surface area contributed by atoms with E-state index in [4.69, 9.17) is 4.74 Å². The van der Waals surface area contributed by atoms with Gasteiger partial charge in [-0.15, -0.1) is 0 Å². The summed E-state index contributed by atoms with van der Waals surface area (Å²) in [6, 6.07) is 19.2. The largest absolute Gasteiger partial charge is 0.383 e. The van der Waals surface area contributed by atoms with Crippen molar-refractivity contribution in [3.05, 3.63) is 71.9 Å². The molecule has 0 saturated carbocycles. The molecule has 0 aliphatic carbocycles. The van der Waals surface area contributed by atoms with E-state index in [1.165, 1.54) is 22.0 Å². The summed E-state index contributed by atoms with van der Waals surface area (Å²) < 4.78 is 5.34. The van der Waals surface area contributed by atoms with E-state index in [0.717, 1.165) is 6.54 Å². The van der Waals surface area contributed by atoms with E-state index in [9.17, 15) is 0 Å². The number of ether oxygens (including phenoxy) is 1. The molecule has 0 spiro atoms. The Morgan fingerprint density at radius 3 is 2.76 bits per heavy atom. The van der Waals surface area contributed by atoms with Gasteiger partial charge in [0.1, 0.15) is 0 Å². The zero-order valence-electron chi connectivity index (χ0n) is 12.2. The van der Waals surface area contributed by atoms with Crippen molar-refractivity contribution in [2.45, 2.75) is 12.6 Å². The molecular formula is C18H20N2O. The van der Waals surface area contributed by atoms with Crippen LogP contribution >= 0.6 is 0 Å². The smallest absolute Gasteiger partial charge is 0.0657 e. The van der Waals surface area contributed by atoms with Crippen LogP contribution in [-0.2, 0) is 11.3 Å². The fraction of sp³-hybridized carbons (Fsp3) is 0.222. The second kappa shape index (κ2) is 6.57. The number of H-pyrrole nitrogens is 1. The van der Waals surface area contributed by atoms with Crippen molar-refractivity contribution in [1.82, 2.24) is 10.3 Å². The van der Waals surface area contributed by atoms with Gasteiger partial charge in [0.2, 0.25) is 0 Å². The molecule has 0 aliphatic rings. The number of hydrogen-bond donors (Lipinski definition) is 2. The van der Waals surface area contributed by atoms with Crippen molar-refractivity contribution < 1.29 is 4.74 Å².